The molecule has 0 aliphatic heterocycles. The number of hydrogen-bond acceptors (Lipinski definition) is 2. The first-order valence-electron chi connectivity index (χ1n) is 2.69. The lowest BCUT2D eigenvalue weighted by Crippen LogP contribution is -1.99. The van der Waals surface area contributed by atoms with Crippen molar-refractivity contribution in [2.45, 2.75) is 6.42 Å². The summed E-state index contributed by atoms with van der Waals surface area (Å²) in [6, 6.07) is 0. The first kappa shape index (κ1) is 9.21. The summed E-state index contributed by atoms with van der Waals surface area (Å²) in [4.78, 5) is 0. The molecule has 9 heavy (non-hydrogen) atoms. The summed E-state index contributed by atoms with van der Waals surface area (Å²) in [5.74, 6) is 2.84. The molecule has 0 amide bonds. The number of aliphatic hydroxyl groups excluding tert-OH is 1. The third kappa shape index (κ3) is 8.21. The average Bonchev–Trinajstić information content (AvgIpc) is 1.89. The lowest BCUT2D eigenvalue weighted by Gasteiger charge is -1.94. The number of aliphatic hydroxyl groups is 1. The van der Waals surface area contributed by atoms with E-state index in [-0.39, 0.29) is 6.61 Å². The van der Waals surface area contributed by atoms with Crippen molar-refractivity contribution in [2.75, 3.05) is 19.8 Å². The molecule has 3 heteroatoms. The van der Waals surface area contributed by atoms with E-state index in [2.05, 4.69) is 9.85 Å². The van der Waals surface area contributed by atoms with Gasteiger partial charge < -0.3 is 9.84 Å². The quantitative estimate of drug-likeness (QED) is 0.447. The van der Waals surface area contributed by atoms with Gasteiger partial charge in [-0.2, -0.15) is 0 Å². The maximum Gasteiger partial charge on any atom is 0.0698 e. The molecule has 0 aromatic rings. The van der Waals surface area contributed by atoms with E-state index in [4.69, 9.17) is 9.84 Å². The highest BCUT2D eigenvalue weighted by Gasteiger charge is 1.81. The highest BCUT2D eigenvalue weighted by Crippen LogP contribution is 1.80. The second-order valence-corrected chi connectivity index (χ2v) is 1.90. The van der Waals surface area contributed by atoms with E-state index in [1.165, 1.54) is 0 Å². The van der Waals surface area contributed by atoms with Crippen LogP contribution in [0.25, 0.3) is 0 Å². The van der Waals surface area contributed by atoms with Crippen LogP contribution in [0.1, 0.15) is 6.42 Å². The third-order valence-electron chi connectivity index (χ3n) is 0.674. The molecule has 0 aliphatic carbocycles. The minimum atomic E-state index is 0.0949. The van der Waals surface area contributed by atoms with E-state index >= 15 is 0 Å². The molecule has 0 aliphatic rings. The maximum atomic E-state index is 8.26. The molecule has 0 heterocycles. The smallest absolute Gasteiger partial charge is 0.0698 e. The van der Waals surface area contributed by atoms with Crippen LogP contribution in [-0.2, 0) is 4.74 Å². The number of rotatable bonds is 4. The predicted octanol–water partition coefficient (Wildman–Crippen LogP) is 0.781. The normalized spacial score (nSPS) is 8.22. The predicted molar refractivity (Wildman–Crippen MR) is 44.3 cm³/mol. The van der Waals surface area contributed by atoms with Crippen LogP contribution in [0.3, 0.4) is 0 Å². The van der Waals surface area contributed by atoms with Crippen molar-refractivity contribution in [3.8, 4) is 9.85 Å². The largest absolute Gasteiger partial charge is 0.394 e. The molecule has 0 fully saturated rings. The number of ether oxygens (including phenoxy) is 1. The molecule has 0 saturated heterocycles. The molecule has 1 N–H and O–H groups in total. The van der Waals surface area contributed by atoms with Crippen LogP contribution in [0.2, 0.25) is 0 Å². The minimum absolute atomic E-state index is 0.0949. The second kappa shape index (κ2) is 8.21. The van der Waals surface area contributed by atoms with Gasteiger partial charge in [-0.25, -0.2) is 0 Å². The zero-order valence-electron chi connectivity index (χ0n) is 5.06. The molecule has 0 bridgehead atoms. The molecular weight excluding hydrogens is 231 g/mol. The first-order chi connectivity index (χ1) is 4.41. The number of hydrogen-bond donors (Lipinski definition) is 1. The van der Waals surface area contributed by atoms with E-state index in [0.717, 1.165) is 6.42 Å². The molecule has 2 nitrogen and oxygen atoms in total. The van der Waals surface area contributed by atoms with Crippen molar-refractivity contribution >= 4 is 22.6 Å². The Balaban J connectivity index is 2.80. The van der Waals surface area contributed by atoms with Gasteiger partial charge >= 0.3 is 0 Å². The van der Waals surface area contributed by atoms with E-state index in [1.807, 2.05) is 22.6 Å². The van der Waals surface area contributed by atoms with Crippen molar-refractivity contribution < 1.29 is 9.84 Å². The van der Waals surface area contributed by atoms with E-state index in [0.29, 0.717) is 13.2 Å². The van der Waals surface area contributed by atoms with Crippen molar-refractivity contribution in [1.82, 2.24) is 0 Å². The highest BCUT2D eigenvalue weighted by molar-refractivity contribution is 14.1. The zero-order valence-corrected chi connectivity index (χ0v) is 7.22. The van der Waals surface area contributed by atoms with Crippen molar-refractivity contribution in [1.29, 1.82) is 0 Å². The summed E-state index contributed by atoms with van der Waals surface area (Å²) < 4.78 is 7.65. The van der Waals surface area contributed by atoms with Gasteiger partial charge in [0, 0.05) is 29.0 Å². The standard InChI is InChI=1S/C6H9IO2/c7-3-1-2-5-9-6-4-8/h8H,2,4-6H2. The fourth-order valence-corrected chi connectivity index (χ4v) is 0.607. The lowest BCUT2D eigenvalue weighted by atomic mass is 10.5. The van der Waals surface area contributed by atoms with E-state index in [1.54, 1.807) is 0 Å². The fraction of sp³-hybridized carbons (Fsp3) is 0.667. The van der Waals surface area contributed by atoms with Gasteiger partial charge in [-0.05, 0) is 3.93 Å². The molecule has 0 unspecified atom stereocenters. The monoisotopic (exact) mass is 240 g/mol. The summed E-state index contributed by atoms with van der Waals surface area (Å²) >= 11 is 1.98. The Morgan fingerprint density at radius 1 is 1.44 bits per heavy atom. The van der Waals surface area contributed by atoms with Crippen LogP contribution < -0.4 is 0 Å². The molecule has 0 rings (SSSR count). The van der Waals surface area contributed by atoms with Gasteiger partial charge in [0.05, 0.1) is 19.8 Å². The lowest BCUT2D eigenvalue weighted by molar-refractivity contribution is 0.0963. The fourth-order valence-electron chi connectivity index (χ4n) is 0.337. The molecule has 0 atom stereocenters. The van der Waals surface area contributed by atoms with Gasteiger partial charge in [-0.3, -0.25) is 0 Å². The van der Waals surface area contributed by atoms with Crippen molar-refractivity contribution in [3.05, 3.63) is 0 Å². The molecule has 0 aromatic carbocycles. The summed E-state index contributed by atoms with van der Waals surface area (Å²) in [5, 5.41) is 8.26. The molecule has 0 saturated carbocycles. The van der Waals surface area contributed by atoms with Gasteiger partial charge in [0.1, 0.15) is 0 Å². The van der Waals surface area contributed by atoms with Crippen LogP contribution in [-0.4, -0.2) is 24.9 Å². The first-order valence-corrected chi connectivity index (χ1v) is 3.76. The van der Waals surface area contributed by atoms with Gasteiger partial charge in [0.15, 0.2) is 0 Å². The number of halogens is 1. The van der Waals surface area contributed by atoms with Crippen LogP contribution >= 0.6 is 22.6 Å². The van der Waals surface area contributed by atoms with Crippen molar-refractivity contribution in [2.24, 2.45) is 0 Å². The Labute approximate surface area is 68.7 Å². The minimum Gasteiger partial charge on any atom is -0.394 e. The SMILES string of the molecule is OCCOCCC#CI. The van der Waals surface area contributed by atoms with E-state index < -0.39 is 0 Å². The molecular formula is C6H9IO2. The Morgan fingerprint density at radius 3 is 2.78 bits per heavy atom. The summed E-state index contributed by atoms with van der Waals surface area (Å²) in [5.41, 5.74) is 0. The van der Waals surface area contributed by atoms with E-state index in [9.17, 15) is 0 Å². The van der Waals surface area contributed by atoms with Crippen LogP contribution in [0.5, 0.6) is 0 Å². The summed E-state index contributed by atoms with van der Waals surface area (Å²) in [7, 11) is 0. The molecule has 0 aromatic heterocycles. The Kier molecular flexibility index (Phi) is 8.40. The molecule has 52 valence electrons. The highest BCUT2D eigenvalue weighted by atomic mass is 127. The van der Waals surface area contributed by atoms with Gasteiger partial charge in [0.25, 0.3) is 0 Å². The van der Waals surface area contributed by atoms with Gasteiger partial charge in [-0.15, -0.1) is 0 Å². The zero-order chi connectivity index (χ0) is 6.95. The second-order valence-electron chi connectivity index (χ2n) is 1.36. The Morgan fingerprint density at radius 2 is 2.22 bits per heavy atom. The topological polar surface area (TPSA) is 29.5 Å². The molecule has 0 radical (unpaired) electrons. The van der Waals surface area contributed by atoms with Crippen LogP contribution in [0.4, 0.5) is 0 Å². The summed E-state index contributed by atoms with van der Waals surface area (Å²) in [6.07, 6.45) is 0.753. The maximum absolute atomic E-state index is 8.26. The van der Waals surface area contributed by atoms with Gasteiger partial charge in [0.2, 0.25) is 0 Å². The van der Waals surface area contributed by atoms with Crippen LogP contribution in [0.15, 0.2) is 0 Å². The average molecular weight is 240 g/mol. The molecule has 0 spiro atoms. The van der Waals surface area contributed by atoms with Gasteiger partial charge in [-0.1, -0.05) is 5.92 Å². The van der Waals surface area contributed by atoms with Crippen LogP contribution in [0, 0.1) is 9.85 Å². The Bertz CT molecular complexity index is 103. The Hall–Kier alpha value is 0.210. The van der Waals surface area contributed by atoms with Crippen molar-refractivity contribution in [3.63, 3.8) is 0 Å². The third-order valence-corrected chi connectivity index (χ3v) is 1.06. The summed E-state index contributed by atoms with van der Waals surface area (Å²) in [6.45, 7) is 1.14.